The fourth-order valence-corrected chi connectivity index (χ4v) is 2.50. The molecule has 0 aliphatic carbocycles. The Kier molecular flexibility index (Phi) is 4.39. The van der Waals surface area contributed by atoms with Gasteiger partial charge in [0.15, 0.2) is 0 Å². The summed E-state index contributed by atoms with van der Waals surface area (Å²) in [7, 11) is 0. The van der Waals surface area contributed by atoms with E-state index in [1.165, 1.54) is 11.1 Å². The number of aliphatic hydroxyl groups excluding tert-OH is 1. The van der Waals surface area contributed by atoms with Crippen LogP contribution in [0.25, 0.3) is 0 Å². The van der Waals surface area contributed by atoms with Gasteiger partial charge in [-0.25, -0.2) is 0 Å². The second kappa shape index (κ2) is 6.03. The molecule has 1 atom stereocenters. The predicted octanol–water partition coefficient (Wildman–Crippen LogP) is 3.74. The Morgan fingerprint density at radius 2 is 2.11 bits per heavy atom. The third-order valence-electron chi connectivity index (χ3n) is 2.68. The van der Waals surface area contributed by atoms with Crippen molar-refractivity contribution in [1.29, 1.82) is 0 Å². The number of thioether (sulfide) groups is 1. The number of hydrogen-bond donors (Lipinski definition) is 1. The fraction of sp³-hybridized carbons (Fsp3) is 0.267. The van der Waals surface area contributed by atoms with Crippen molar-refractivity contribution >= 4 is 11.8 Å². The predicted molar refractivity (Wildman–Crippen MR) is 75.6 cm³/mol. The molecule has 3 heteroatoms. The highest BCUT2D eigenvalue weighted by Crippen LogP contribution is 2.23. The molecule has 0 bridgehead atoms. The Hall–Kier alpha value is -1.32. The van der Waals surface area contributed by atoms with Gasteiger partial charge in [-0.05, 0) is 31.5 Å². The van der Waals surface area contributed by atoms with Crippen molar-refractivity contribution in [1.82, 2.24) is 4.98 Å². The van der Waals surface area contributed by atoms with E-state index in [-0.39, 0.29) is 0 Å². The smallest absolute Gasteiger partial charge is 0.0931 e. The average Bonchev–Trinajstić information content (AvgIpc) is 2.37. The molecule has 0 saturated carbocycles. The topological polar surface area (TPSA) is 33.1 Å². The molecule has 0 fully saturated rings. The van der Waals surface area contributed by atoms with Crippen LogP contribution < -0.4 is 0 Å². The number of hydrogen-bond acceptors (Lipinski definition) is 3. The molecule has 0 aliphatic rings. The van der Waals surface area contributed by atoms with Crippen LogP contribution in [0.1, 0.15) is 29.8 Å². The van der Waals surface area contributed by atoms with Crippen molar-refractivity contribution in [2.45, 2.75) is 30.6 Å². The first-order chi connectivity index (χ1) is 8.65. The quantitative estimate of drug-likeness (QED) is 0.849. The highest BCUT2D eigenvalue weighted by molar-refractivity contribution is 7.98. The summed E-state index contributed by atoms with van der Waals surface area (Å²) in [6.45, 7) is 3.83. The van der Waals surface area contributed by atoms with Gasteiger partial charge in [0, 0.05) is 16.8 Å². The van der Waals surface area contributed by atoms with Crippen molar-refractivity contribution in [3.63, 3.8) is 0 Å². The summed E-state index contributed by atoms with van der Waals surface area (Å²) in [6, 6.07) is 12.4. The lowest BCUT2D eigenvalue weighted by atomic mass is 10.2. The number of aryl methyl sites for hydroxylation is 1. The van der Waals surface area contributed by atoms with Crippen molar-refractivity contribution in [3.8, 4) is 0 Å². The van der Waals surface area contributed by atoms with Gasteiger partial charge < -0.3 is 5.11 Å². The standard InChI is InChI=1S/C15H17NOS/c1-11-4-3-5-13(8-11)10-18-14-6-7-15(12(2)17)16-9-14/h3-9,12,17H,10H2,1-2H3/t12-/m0/s1. The van der Waals surface area contributed by atoms with E-state index >= 15 is 0 Å². The second-order valence-corrected chi connectivity index (χ2v) is 5.42. The van der Waals surface area contributed by atoms with Crippen LogP contribution in [0.15, 0.2) is 47.5 Å². The summed E-state index contributed by atoms with van der Waals surface area (Å²) in [5.74, 6) is 0.942. The maximum absolute atomic E-state index is 9.38. The zero-order valence-corrected chi connectivity index (χ0v) is 11.4. The van der Waals surface area contributed by atoms with Gasteiger partial charge in [0.1, 0.15) is 0 Å². The van der Waals surface area contributed by atoms with Gasteiger partial charge in [-0.2, -0.15) is 0 Å². The van der Waals surface area contributed by atoms with Gasteiger partial charge in [0.25, 0.3) is 0 Å². The minimum Gasteiger partial charge on any atom is -0.387 e. The summed E-state index contributed by atoms with van der Waals surface area (Å²) in [5.41, 5.74) is 3.32. The van der Waals surface area contributed by atoms with Crippen molar-refractivity contribution < 1.29 is 5.11 Å². The first kappa shape index (κ1) is 13.1. The molecule has 94 valence electrons. The van der Waals surface area contributed by atoms with E-state index in [0.717, 1.165) is 16.3 Å². The molecule has 1 heterocycles. The van der Waals surface area contributed by atoms with E-state index in [1.54, 1.807) is 18.7 Å². The van der Waals surface area contributed by atoms with Crippen LogP contribution in [0, 0.1) is 6.92 Å². The molecule has 0 saturated heterocycles. The molecular weight excluding hydrogens is 242 g/mol. The summed E-state index contributed by atoms with van der Waals surface area (Å²) >= 11 is 1.76. The molecule has 1 aromatic carbocycles. The molecule has 1 N–H and O–H groups in total. The Morgan fingerprint density at radius 3 is 2.72 bits per heavy atom. The monoisotopic (exact) mass is 259 g/mol. The van der Waals surface area contributed by atoms with Gasteiger partial charge in [0.05, 0.1) is 11.8 Å². The number of aliphatic hydroxyl groups is 1. The van der Waals surface area contributed by atoms with E-state index in [4.69, 9.17) is 0 Å². The SMILES string of the molecule is Cc1cccc(CSc2ccc([C@H](C)O)nc2)c1. The first-order valence-electron chi connectivity index (χ1n) is 5.97. The van der Waals surface area contributed by atoms with Crippen molar-refractivity contribution in [2.24, 2.45) is 0 Å². The van der Waals surface area contributed by atoms with E-state index < -0.39 is 6.10 Å². The molecule has 0 amide bonds. The van der Waals surface area contributed by atoms with Crippen molar-refractivity contribution in [2.75, 3.05) is 0 Å². The van der Waals surface area contributed by atoms with Gasteiger partial charge >= 0.3 is 0 Å². The number of nitrogens with zero attached hydrogens (tertiary/aromatic N) is 1. The Bertz CT molecular complexity index is 508. The Labute approximate surface area is 112 Å². The summed E-state index contributed by atoms with van der Waals surface area (Å²) < 4.78 is 0. The molecule has 2 aromatic rings. The van der Waals surface area contributed by atoms with Gasteiger partial charge in [-0.3, -0.25) is 4.98 Å². The van der Waals surface area contributed by atoms with Crippen LogP contribution in [-0.4, -0.2) is 10.1 Å². The molecular formula is C15H17NOS. The normalized spacial score (nSPS) is 12.4. The van der Waals surface area contributed by atoms with E-state index in [2.05, 4.69) is 36.2 Å². The molecule has 0 unspecified atom stereocenters. The van der Waals surface area contributed by atoms with E-state index in [1.807, 2.05) is 18.3 Å². The van der Waals surface area contributed by atoms with Gasteiger partial charge in [-0.1, -0.05) is 29.8 Å². The van der Waals surface area contributed by atoms with Crippen LogP contribution in [-0.2, 0) is 5.75 Å². The minimum atomic E-state index is -0.499. The Morgan fingerprint density at radius 1 is 1.28 bits per heavy atom. The lowest BCUT2D eigenvalue weighted by Gasteiger charge is -2.05. The zero-order chi connectivity index (χ0) is 13.0. The lowest BCUT2D eigenvalue weighted by molar-refractivity contribution is 0.194. The lowest BCUT2D eigenvalue weighted by Crippen LogP contribution is -1.94. The highest BCUT2D eigenvalue weighted by Gasteiger charge is 2.02. The summed E-state index contributed by atoms with van der Waals surface area (Å²) in [4.78, 5) is 5.36. The minimum absolute atomic E-state index is 0.499. The Balaban J connectivity index is 1.98. The number of benzene rings is 1. The number of rotatable bonds is 4. The van der Waals surface area contributed by atoms with Crippen LogP contribution >= 0.6 is 11.8 Å². The fourth-order valence-electron chi connectivity index (χ4n) is 1.69. The van der Waals surface area contributed by atoms with Gasteiger partial charge in [-0.15, -0.1) is 11.8 Å². The third kappa shape index (κ3) is 3.59. The first-order valence-corrected chi connectivity index (χ1v) is 6.96. The maximum atomic E-state index is 9.38. The van der Waals surface area contributed by atoms with Crippen LogP contribution in [0.5, 0.6) is 0 Å². The number of pyridine rings is 1. The molecule has 18 heavy (non-hydrogen) atoms. The maximum Gasteiger partial charge on any atom is 0.0931 e. The second-order valence-electron chi connectivity index (χ2n) is 4.37. The molecule has 2 rings (SSSR count). The average molecular weight is 259 g/mol. The zero-order valence-electron chi connectivity index (χ0n) is 10.6. The van der Waals surface area contributed by atoms with Gasteiger partial charge in [0.2, 0.25) is 0 Å². The van der Waals surface area contributed by atoms with Crippen LogP contribution in [0.3, 0.4) is 0 Å². The van der Waals surface area contributed by atoms with E-state index in [9.17, 15) is 5.11 Å². The van der Waals surface area contributed by atoms with Crippen molar-refractivity contribution in [3.05, 3.63) is 59.4 Å². The molecule has 1 aromatic heterocycles. The molecule has 0 aliphatic heterocycles. The van der Waals surface area contributed by atoms with E-state index in [0.29, 0.717) is 0 Å². The largest absolute Gasteiger partial charge is 0.387 e. The summed E-state index contributed by atoms with van der Waals surface area (Å²) in [6.07, 6.45) is 1.32. The van der Waals surface area contributed by atoms with Crippen LogP contribution in [0.2, 0.25) is 0 Å². The van der Waals surface area contributed by atoms with Crippen LogP contribution in [0.4, 0.5) is 0 Å². The highest BCUT2D eigenvalue weighted by atomic mass is 32.2. The molecule has 0 spiro atoms. The number of aromatic nitrogens is 1. The molecule has 0 radical (unpaired) electrons. The summed E-state index contributed by atoms with van der Waals surface area (Å²) in [5, 5.41) is 9.38. The third-order valence-corrected chi connectivity index (χ3v) is 3.73. The molecule has 2 nitrogen and oxygen atoms in total.